The predicted molar refractivity (Wildman–Crippen MR) is 106 cm³/mol. The fraction of sp³-hybridized carbons (Fsp3) is 0.476. The van der Waals surface area contributed by atoms with Crippen LogP contribution in [0, 0.1) is 0 Å². The van der Waals surface area contributed by atoms with Gasteiger partial charge in [-0.2, -0.15) is 11.3 Å². The maximum atomic E-state index is 11.3. The molecule has 0 fully saturated rings. The molecule has 1 heterocycles. The average molecular weight is 357 g/mol. The number of benzene rings is 1. The highest BCUT2D eigenvalue weighted by Crippen LogP contribution is 2.25. The lowest BCUT2D eigenvalue weighted by molar-refractivity contribution is -0.114. The van der Waals surface area contributed by atoms with Gasteiger partial charge in [0.15, 0.2) is 0 Å². The van der Waals surface area contributed by atoms with Gasteiger partial charge in [-0.1, -0.05) is 13.0 Å². The first-order chi connectivity index (χ1) is 12.1. The van der Waals surface area contributed by atoms with Crippen LogP contribution in [0.25, 0.3) is 0 Å². The monoisotopic (exact) mass is 356 g/mol. The summed E-state index contributed by atoms with van der Waals surface area (Å²) in [6, 6.07) is 9.68. The number of anilines is 1. The zero-order chi connectivity index (χ0) is 17.6. The van der Waals surface area contributed by atoms with E-state index in [0.29, 0.717) is 12.1 Å². The molecule has 3 rings (SSSR count). The number of nitrogens with one attached hydrogen (secondary N) is 2. The summed E-state index contributed by atoms with van der Waals surface area (Å²) in [5.74, 6) is -0.00934. The first kappa shape index (κ1) is 18.2. The van der Waals surface area contributed by atoms with Crippen molar-refractivity contribution in [3.8, 4) is 0 Å². The molecule has 134 valence electrons. The maximum absolute atomic E-state index is 11.3. The van der Waals surface area contributed by atoms with Crippen molar-refractivity contribution in [3.63, 3.8) is 0 Å². The predicted octanol–water partition coefficient (Wildman–Crippen LogP) is 4.56. The van der Waals surface area contributed by atoms with E-state index in [1.165, 1.54) is 36.0 Å². The highest BCUT2D eigenvalue weighted by molar-refractivity contribution is 7.07. The molecule has 0 bridgehead atoms. The highest BCUT2D eigenvalue weighted by Gasteiger charge is 2.21. The van der Waals surface area contributed by atoms with Crippen molar-refractivity contribution in [1.29, 1.82) is 0 Å². The van der Waals surface area contributed by atoms with Gasteiger partial charge < -0.3 is 10.6 Å². The molecular weight excluding hydrogens is 328 g/mol. The van der Waals surface area contributed by atoms with Crippen molar-refractivity contribution < 1.29 is 4.79 Å². The normalized spacial score (nSPS) is 17.8. The number of hydrogen-bond donors (Lipinski definition) is 2. The smallest absolute Gasteiger partial charge is 0.221 e. The molecule has 3 nitrogen and oxygen atoms in total. The molecular formula is C21H28N2OS. The molecule has 0 saturated heterocycles. The Morgan fingerprint density at radius 3 is 2.92 bits per heavy atom. The summed E-state index contributed by atoms with van der Waals surface area (Å²) in [6.07, 6.45) is 6.89. The van der Waals surface area contributed by atoms with Crippen molar-refractivity contribution >= 4 is 22.9 Å². The molecule has 1 aromatic carbocycles. The van der Waals surface area contributed by atoms with E-state index in [0.717, 1.165) is 24.9 Å². The zero-order valence-electron chi connectivity index (χ0n) is 15.2. The molecule has 2 aromatic rings. The van der Waals surface area contributed by atoms with Crippen LogP contribution in [0.4, 0.5) is 5.69 Å². The first-order valence-corrected chi connectivity index (χ1v) is 10.2. The van der Waals surface area contributed by atoms with E-state index in [1.807, 2.05) is 6.07 Å². The topological polar surface area (TPSA) is 41.1 Å². The summed E-state index contributed by atoms with van der Waals surface area (Å²) in [5, 5.41) is 11.2. The number of carbonyl (C=O) groups is 1. The number of aryl methyl sites for hydroxylation is 2. The average Bonchev–Trinajstić information content (AvgIpc) is 3.11. The molecule has 1 aliphatic carbocycles. The van der Waals surface area contributed by atoms with Crippen LogP contribution in [0.3, 0.4) is 0 Å². The lowest BCUT2D eigenvalue weighted by Gasteiger charge is -2.30. The molecule has 1 aromatic heterocycles. The van der Waals surface area contributed by atoms with Crippen LogP contribution in [0.2, 0.25) is 0 Å². The summed E-state index contributed by atoms with van der Waals surface area (Å²) < 4.78 is 0. The number of fused-ring (bicyclic) bond motifs is 1. The maximum Gasteiger partial charge on any atom is 0.221 e. The third-order valence-corrected chi connectivity index (χ3v) is 5.81. The van der Waals surface area contributed by atoms with Crippen LogP contribution < -0.4 is 10.6 Å². The third-order valence-electron chi connectivity index (χ3n) is 5.08. The van der Waals surface area contributed by atoms with E-state index >= 15 is 0 Å². The van der Waals surface area contributed by atoms with Crippen molar-refractivity contribution in [2.24, 2.45) is 0 Å². The fourth-order valence-corrected chi connectivity index (χ4v) is 4.40. The van der Waals surface area contributed by atoms with Crippen molar-refractivity contribution in [3.05, 3.63) is 51.7 Å². The van der Waals surface area contributed by atoms with E-state index in [1.54, 1.807) is 18.3 Å². The molecule has 0 radical (unpaired) electrons. The van der Waals surface area contributed by atoms with Crippen LogP contribution in [-0.2, 0) is 24.1 Å². The van der Waals surface area contributed by atoms with Gasteiger partial charge in [-0.25, -0.2) is 0 Å². The largest absolute Gasteiger partial charge is 0.326 e. The molecule has 1 aliphatic rings. The lowest BCUT2D eigenvalue weighted by Crippen LogP contribution is -2.41. The number of hydrogen-bond acceptors (Lipinski definition) is 3. The number of rotatable bonds is 7. The molecule has 0 aliphatic heterocycles. The number of carbonyl (C=O) groups excluding carboxylic acids is 1. The van der Waals surface area contributed by atoms with Gasteiger partial charge in [0.2, 0.25) is 5.91 Å². The Morgan fingerprint density at radius 2 is 2.20 bits per heavy atom. The van der Waals surface area contributed by atoms with E-state index in [4.69, 9.17) is 0 Å². The summed E-state index contributed by atoms with van der Waals surface area (Å²) in [6.45, 7) is 3.83. The van der Waals surface area contributed by atoms with Gasteiger partial charge in [-0.15, -0.1) is 0 Å². The molecule has 1 amide bonds. The molecule has 0 saturated carbocycles. The number of amides is 1. The van der Waals surface area contributed by atoms with Crippen molar-refractivity contribution in [1.82, 2.24) is 5.32 Å². The summed E-state index contributed by atoms with van der Waals surface area (Å²) in [4.78, 5) is 11.3. The molecule has 2 unspecified atom stereocenters. The van der Waals surface area contributed by atoms with Crippen LogP contribution >= 0.6 is 11.3 Å². The molecule has 2 N–H and O–H groups in total. The Hall–Kier alpha value is -1.65. The number of thiophene rings is 1. The minimum Gasteiger partial charge on any atom is -0.326 e. The minimum atomic E-state index is -0.00934. The van der Waals surface area contributed by atoms with E-state index in [9.17, 15) is 4.79 Å². The SMILES string of the molecule is CCC(CCc1ccsc1)NC1CCc2ccc(NC(C)=O)cc2C1. The highest BCUT2D eigenvalue weighted by atomic mass is 32.1. The van der Waals surface area contributed by atoms with Gasteiger partial charge in [-0.05, 0) is 84.2 Å². The van der Waals surface area contributed by atoms with Gasteiger partial charge in [-0.3, -0.25) is 4.79 Å². The Bertz CT molecular complexity index is 696. The molecule has 2 atom stereocenters. The van der Waals surface area contributed by atoms with Crippen molar-refractivity contribution in [2.45, 2.75) is 64.5 Å². The van der Waals surface area contributed by atoms with Gasteiger partial charge in [0.05, 0.1) is 0 Å². The second-order valence-electron chi connectivity index (χ2n) is 7.05. The Kier molecular flexibility index (Phi) is 6.27. The van der Waals surface area contributed by atoms with Gasteiger partial charge in [0.1, 0.15) is 0 Å². The van der Waals surface area contributed by atoms with E-state index in [-0.39, 0.29) is 5.91 Å². The van der Waals surface area contributed by atoms with Crippen LogP contribution in [0.15, 0.2) is 35.0 Å². The lowest BCUT2D eigenvalue weighted by atomic mass is 9.87. The van der Waals surface area contributed by atoms with E-state index < -0.39 is 0 Å². The molecule has 4 heteroatoms. The quantitative estimate of drug-likeness (QED) is 0.763. The van der Waals surface area contributed by atoms with Crippen LogP contribution in [0.1, 0.15) is 49.8 Å². The van der Waals surface area contributed by atoms with Crippen LogP contribution in [0.5, 0.6) is 0 Å². The van der Waals surface area contributed by atoms with Crippen LogP contribution in [-0.4, -0.2) is 18.0 Å². The minimum absolute atomic E-state index is 0.00934. The summed E-state index contributed by atoms with van der Waals surface area (Å²) in [7, 11) is 0. The Morgan fingerprint density at radius 1 is 1.32 bits per heavy atom. The third kappa shape index (κ3) is 5.16. The van der Waals surface area contributed by atoms with Crippen molar-refractivity contribution in [2.75, 3.05) is 5.32 Å². The Labute approximate surface area is 154 Å². The second-order valence-corrected chi connectivity index (χ2v) is 7.83. The standard InChI is InChI=1S/C21H28N2OS/c1-3-19(7-4-16-10-11-25-14-16)23-21-9-6-17-5-8-20(22-15(2)24)12-18(17)13-21/h5,8,10-12,14,19,21,23H,3-4,6-7,9,13H2,1-2H3,(H,22,24). The van der Waals surface area contributed by atoms with Gasteiger partial charge in [0.25, 0.3) is 0 Å². The fourth-order valence-electron chi connectivity index (χ4n) is 3.69. The van der Waals surface area contributed by atoms with E-state index in [2.05, 4.69) is 46.5 Å². The summed E-state index contributed by atoms with van der Waals surface area (Å²) >= 11 is 1.78. The Balaban J connectivity index is 1.57. The molecule has 0 spiro atoms. The second kappa shape index (κ2) is 8.63. The van der Waals surface area contributed by atoms with Gasteiger partial charge >= 0.3 is 0 Å². The summed E-state index contributed by atoms with van der Waals surface area (Å²) in [5.41, 5.74) is 5.18. The zero-order valence-corrected chi connectivity index (χ0v) is 16.0. The first-order valence-electron chi connectivity index (χ1n) is 9.30. The van der Waals surface area contributed by atoms with Gasteiger partial charge in [0, 0.05) is 24.7 Å². The molecule has 25 heavy (non-hydrogen) atoms.